The van der Waals surface area contributed by atoms with E-state index in [4.69, 9.17) is 12.8 Å². The summed E-state index contributed by atoms with van der Waals surface area (Å²) in [6.07, 6.45) is 14.3. The van der Waals surface area contributed by atoms with Gasteiger partial charge >= 0.3 is 44.8 Å². The predicted octanol–water partition coefficient (Wildman–Crippen LogP) is 13.1. The Balaban J connectivity index is 0.000000167. The fourth-order valence-electron chi connectivity index (χ4n) is 8.64. The Morgan fingerprint density at radius 3 is 0.809 bits per heavy atom. The SMILES string of the molecule is Cc1cc([PH+](c2ccccc2)c2ccccc2)c([PH+](c2ccccc2)c2ccccc2)cc1C.[Ag+].[Ag+].[C-]#Cc1ccc2cc3ccccc3cc2c1.[C-]#Cc1ccc2cc3ccccc3cc2c1. The maximum atomic E-state index is 7.13. The molecule has 0 aliphatic rings. The molecule has 0 amide bonds. The Bertz CT molecular complexity index is 3210. The average Bonchev–Trinajstić information content (AvgIpc) is 3.38. The second kappa shape index (κ2) is 23.8. The maximum absolute atomic E-state index is 7.13. The Labute approximate surface area is 435 Å². The Morgan fingerprint density at radius 2 is 0.529 bits per heavy atom. The van der Waals surface area contributed by atoms with Crippen LogP contribution in [0, 0.1) is 38.5 Å². The molecule has 0 aliphatic carbocycles. The molecule has 334 valence electrons. The number of hydrogen-bond donors (Lipinski definition) is 0. The summed E-state index contributed by atoms with van der Waals surface area (Å²) in [6.45, 7) is 4.52. The van der Waals surface area contributed by atoms with Gasteiger partial charge in [-0.2, -0.15) is 0 Å². The van der Waals surface area contributed by atoms with Crippen LogP contribution in [0.1, 0.15) is 22.3 Å². The van der Waals surface area contributed by atoms with Crippen LogP contribution in [-0.2, 0) is 44.8 Å². The van der Waals surface area contributed by atoms with Crippen molar-refractivity contribution in [2.45, 2.75) is 13.8 Å². The quantitative estimate of drug-likeness (QED) is 0.0512. The van der Waals surface area contributed by atoms with Crippen LogP contribution in [0.3, 0.4) is 0 Å². The molecule has 0 aliphatic heterocycles. The van der Waals surface area contributed by atoms with E-state index in [9.17, 15) is 0 Å². The third-order valence-corrected chi connectivity index (χ3v) is 17.9. The topological polar surface area (TPSA) is 0 Å². The van der Waals surface area contributed by atoms with Crippen LogP contribution >= 0.6 is 15.8 Å². The average molecular weight is 1090 g/mol. The van der Waals surface area contributed by atoms with Gasteiger partial charge in [-0.1, -0.05) is 133 Å². The summed E-state index contributed by atoms with van der Waals surface area (Å²) in [5.41, 5.74) is 4.39. The first-order valence-corrected chi connectivity index (χ1v) is 25.2. The van der Waals surface area contributed by atoms with Gasteiger partial charge < -0.3 is 12.8 Å². The van der Waals surface area contributed by atoms with E-state index < -0.39 is 15.8 Å². The van der Waals surface area contributed by atoms with Crippen molar-refractivity contribution in [2.24, 2.45) is 0 Å². The fourth-order valence-corrected chi connectivity index (χ4v) is 14.8. The van der Waals surface area contributed by atoms with Crippen molar-refractivity contribution in [3.05, 3.63) is 278 Å². The Kier molecular flexibility index (Phi) is 17.4. The van der Waals surface area contributed by atoms with Crippen molar-refractivity contribution >= 4 is 90.8 Å². The first-order chi connectivity index (χ1) is 32.4. The van der Waals surface area contributed by atoms with Crippen LogP contribution in [0.5, 0.6) is 0 Å². The van der Waals surface area contributed by atoms with E-state index in [-0.39, 0.29) is 44.8 Å². The van der Waals surface area contributed by atoms with Crippen LogP contribution in [0.2, 0.25) is 0 Å². The smallest absolute Gasteiger partial charge is 0.366 e. The molecule has 0 saturated carbocycles. The van der Waals surface area contributed by atoms with Crippen LogP contribution in [-0.4, -0.2) is 0 Å². The van der Waals surface area contributed by atoms with Gasteiger partial charge in [0, 0.05) is 0 Å². The number of aryl methyl sites for hydroxylation is 2. The van der Waals surface area contributed by atoms with Crippen LogP contribution < -0.4 is 31.8 Å². The molecule has 0 atom stereocenters. The minimum Gasteiger partial charge on any atom is -0.366 e. The zero-order valence-electron chi connectivity index (χ0n) is 37.7. The number of rotatable bonds is 6. The van der Waals surface area contributed by atoms with Crippen LogP contribution in [0.4, 0.5) is 0 Å². The van der Waals surface area contributed by atoms with E-state index in [0.29, 0.717) is 0 Å². The van der Waals surface area contributed by atoms with E-state index in [1.807, 2.05) is 60.7 Å². The van der Waals surface area contributed by atoms with Gasteiger partial charge in [0.15, 0.2) is 0 Å². The molecule has 0 radical (unpaired) electrons. The molecule has 0 bridgehead atoms. The molecule has 0 fully saturated rings. The van der Waals surface area contributed by atoms with E-state index in [2.05, 4.69) is 208 Å². The van der Waals surface area contributed by atoms with Gasteiger partial charge in [0.1, 0.15) is 47.7 Å². The molecule has 0 aromatic heterocycles. The predicted molar refractivity (Wildman–Crippen MR) is 291 cm³/mol. The molecule has 0 saturated heterocycles. The van der Waals surface area contributed by atoms with Crippen LogP contribution in [0.15, 0.2) is 243 Å². The second-order valence-corrected chi connectivity index (χ2v) is 21.4. The summed E-state index contributed by atoms with van der Waals surface area (Å²) in [7, 11) is -2.36. The van der Waals surface area contributed by atoms with Crippen molar-refractivity contribution < 1.29 is 44.8 Å². The summed E-state index contributed by atoms with van der Waals surface area (Å²) in [5.74, 6) is 4.83. The molecule has 68 heavy (non-hydrogen) atoms. The normalized spacial score (nSPS) is 10.5. The zero-order valence-corrected chi connectivity index (χ0v) is 42.7. The molecule has 0 nitrogen and oxygen atoms in total. The Morgan fingerprint density at radius 1 is 0.279 bits per heavy atom. The minimum absolute atomic E-state index is 0. The molecule has 0 spiro atoms. The zero-order chi connectivity index (χ0) is 45.2. The fraction of sp³-hybridized carbons (Fsp3) is 0.0312. The van der Waals surface area contributed by atoms with E-state index in [0.717, 1.165) is 21.9 Å². The molecule has 11 rings (SSSR count). The van der Waals surface area contributed by atoms with Gasteiger partial charge in [-0.3, -0.25) is 11.8 Å². The Hall–Kier alpha value is -6.08. The van der Waals surface area contributed by atoms with Gasteiger partial charge in [0.2, 0.25) is 0 Å². The molecule has 0 unspecified atom stereocenters. The summed E-state index contributed by atoms with van der Waals surface area (Å²) in [4.78, 5) is 0. The van der Waals surface area contributed by atoms with Crippen molar-refractivity contribution in [3.63, 3.8) is 0 Å². The molecular formula is C64H48Ag2P2+2. The van der Waals surface area contributed by atoms with Gasteiger partial charge in [-0.25, -0.2) is 0 Å². The summed E-state index contributed by atoms with van der Waals surface area (Å²) < 4.78 is 0. The number of fused-ring (bicyclic) bond motifs is 4. The first kappa shape index (κ1) is 49.8. The largest absolute Gasteiger partial charge is 1.00 e. The van der Waals surface area contributed by atoms with E-state index >= 15 is 0 Å². The van der Waals surface area contributed by atoms with Crippen molar-refractivity contribution in [1.29, 1.82) is 0 Å². The van der Waals surface area contributed by atoms with E-state index in [1.165, 1.54) is 75.3 Å². The minimum atomic E-state index is -1.18. The summed E-state index contributed by atoms with van der Waals surface area (Å²) in [5, 5.41) is 18.5. The molecule has 11 aromatic carbocycles. The third-order valence-electron chi connectivity index (χ3n) is 12.1. The van der Waals surface area contributed by atoms with Crippen molar-refractivity contribution in [2.75, 3.05) is 0 Å². The molecular weight excluding hydrogens is 1050 g/mol. The van der Waals surface area contributed by atoms with E-state index in [1.54, 1.807) is 0 Å². The molecule has 0 N–H and O–H groups in total. The third kappa shape index (κ3) is 11.6. The van der Waals surface area contributed by atoms with Gasteiger partial charge in [0.25, 0.3) is 0 Å². The monoisotopic (exact) mass is 1090 g/mol. The summed E-state index contributed by atoms with van der Waals surface area (Å²) in [6, 6.07) is 86.7. The van der Waals surface area contributed by atoms with Crippen molar-refractivity contribution in [3.8, 4) is 11.8 Å². The van der Waals surface area contributed by atoms with Crippen molar-refractivity contribution in [1.82, 2.24) is 0 Å². The van der Waals surface area contributed by atoms with Gasteiger partial charge in [-0.05, 0) is 153 Å². The first-order valence-electron chi connectivity index (χ1n) is 22.2. The maximum Gasteiger partial charge on any atom is 1.00 e. The molecule has 0 heterocycles. The molecule has 4 heteroatoms. The standard InChI is InChI=1S/C32H28P2.2C16H9.2Ag/c1-25-23-31(33(27-15-7-3-8-16-27)28-17-9-4-10-18-28)32(24-26(25)2)34(29-19-11-5-12-20-29)30-21-13-6-14-22-30;2*1-2-12-7-8-15-10-13-5-3-4-6-14(13)11-16(15)9-12;;/h3-24H,1-2H3;2*3-11H;;/q;2*-1;2*+1/p+2. The second-order valence-electron chi connectivity index (χ2n) is 16.5. The van der Waals surface area contributed by atoms with Crippen LogP contribution in [0.25, 0.3) is 43.1 Å². The number of hydrogen-bond acceptors (Lipinski definition) is 0. The number of benzene rings is 11. The van der Waals surface area contributed by atoms with Gasteiger partial charge in [-0.15, -0.1) is 35.4 Å². The summed E-state index contributed by atoms with van der Waals surface area (Å²) >= 11 is 0. The molecule has 11 aromatic rings. The van der Waals surface area contributed by atoms with Gasteiger partial charge in [0.05, 0.1) is 0 Å².